The Hall–Kier alpha value is -0.940. The molecule has 1 rings (SSSR count). The molecule has 1 heterocycles. The first-order chi connectivity index (χ1) is 9.17. The lowest BCUT2D eigenvalue weighted by molar-refractivity contribution is 0.114. The normalized spacial score (nSPS) is 13.1. The van der Waals surface area contributed by atoms with Gasteiger partial charge in [-0.25, -0.2) is 0 Å². The maximum absolute atomic E-state index is 5.40. The minimum Gasteiger partial charge on any atom is -0.373 e. The number of aromatic nitrogens is 2. The zero-order chi connectivity index (χ0) is 14.1. The average molecular weight is 269 g/mol. The number of ether oxygens (including phenoxy) is 1. The van der Waals surface area contributed by atoms with E-state index in [9.17, 15) is 0 Å². The molecular formula is C14H27N3O2. The van der Waals surface area contributed by atoms with E-state index in [1.807, 2.05) is 0 Å². The topological polar surface area (TPSA) is 60.2 Å². The van der Waals surface area contributed by atoms with Crippen molar-refractivity contribution in [2.24, 2.45) is 5.92 Å². The second-order valence-electron chi connectivity index (χ2n) is 5.17. The van der Waals surface area contributed by atoms with Gasteiger partial charge in [-0.3, -0.25) is 0 Å². The van der Waals surface area contributed by atoms with Gasteiger partial charge < -0.3 is 14.6 Å². The van der Waals surface area contributed by atoms with Crippen molar-refractivity contribution in [3.63, 3.8) is 0 Å². The maximum atomic E-state index is 5.40. The van der Waals surface area contributed by atoms with Crippen LogP contribution in [0.15, 0.2) is 4.52 Å². The highest BCUT2D eigenvalue weighted by atomic mass is 16.5. The lowest BCUT2D eigenvalue weighted by Gasteiger charge is -2.20. The van der Waals surface area contributed by atoms with Crippen molar-refractivity contribution in [1.82, 2.24) is 15.5 Å². The molecule has 0 fully saturated rings. The van der Waals surface area contributed by atoms with Gasteiger partial charge in [-0.2, -0.15) is 4.98 Å². The summed E-state index contributed by atoms with van der Waals surface area (Å²) in [5.74, 6) is 1.87. The van der Waals surface area contributed by atoms with E-state index in [0.717, 1.165) is 32.4 Å². The van der Waals surface area contributed by atoms with Gasteiger partial charge in [0.05, 0.1) is 0 Å². The van der Waals surface area contributed by atoms with Crippen LogP contribution in [-0.4, -0.2) is 29.3 Å². The molecule has 0 amide bonds. The molecule has 1 N–H and O–H groups in total. The molecule has 1 aromatic heterocycles. The Bertz CT molecular complexity index is 339. The molecule has 0 bridgehead atoms. The molecule has 0 aliphatic rings. The van der Waals surface area contributed by atoms with Gasteiger partial charge in [0.15, 0.2) is 5.82 Å². The molecule has 5 heteroatoms. The Labute approximate surface area is 116 Å². The lowest BCUT2D eigenvalue weighted by Crippen LogP contribution is -2.36. The Balaban J connectivity index is 2.45. The van der Waals surface area contributed by atoms with E-state index >= 15 is 0 Å². The summed E-state index contributed by atoms with van der Waals surface area (Å²) in [7, 11) is 0. The molecule has 0 spiro atoms. The van der Waals surface area contributed by atoms with Crippen LogP contribution < -0.4 is 5.32 Å². The highest BCUT2D eigenvalue weighted by Gasteiger charge is 2.17. The molecular weight excluding hydrogens is 242 g/mol. The van der Waals surface area contributed by atoms with Gasteiger partial charge in [0, 0.05) is 19.1 Å². The fourth-order valence-electron chi connectivity index (χ4n) is 1.80. The first-order valence-electron chi connectivity index (χ1n) is 7.29. The second kappa shape index (κ2) is 9.04. The molecule has 0 aliphatic carbocycles. The lowest BCUT2D eigenvalue weighted by atomic mass is 10.0. The van der Waals surface area contributed by atoms with Gasteiger partial charge in [-0.1, -0.05) is 32.9 Å². The summed E-state index contributed by atoms with van der Waals surface area (Å²) in [5, 5.41) is 7.46. The first kappa shape index (κ1) is 16.1. The van der Waals surface area contributed by atoms with Gasteiger partial charge in [0.25, 0.3) is 0 Å². The molecule has 1 aromatic rings. The summed E-state index contributed by atoms with van der Waals surface area (Å²) in [6.45, 7) is 10.8. The zero-order valence-electron chi connectivity index (χ0n) is 12.6. The fourth-order valence-corrected chi connectivity index (χ4v) is 1.80. The van der Waals surface area contributed by atoms with E-state index < -0.39 is 0 Å². The van der Waals surface area contributed by atoms with E-state index in [0.29, 0.717) is 30.3 Å². The van der Waals surface area contributed by atoms with Crippen molar-refractivity contribution >= 4 is 0 Å². The molecule has 110 valence electrons. The van der Waals surface area contributed by atoms with Crippen LogP contribution in [-0.2, 0) is 17.8 Å². The number of rotatable bonds is 10. The summed E-state index contributed by atoms with van der Waals surface area (Å²) in [6.07, 6.45) is 2.91. The molecule has 0 saturated heterocycles. The van der Waals surface area contributed by atoms with E-state index in [2.05, 4.69) is 43.2 Å². The smallest absolute Gasteiger partial charge is 0.228 e. The monoisotopic (exact) mass is 269 g/mol. The molecule has 19 heavy (non-hydrogen) atoms. The van der Waals surface area contributed by atoms with Gasteiger partial charge in [-0.05, 0) is 25.3 Å². The minimum absolute atomic E-state index is 0.379. The third-order valence-electron chi connectivity index (χ3n) is 2.95. The van der Waals surface area contributed by atoms with Crippen LogP contribution in [0, 0.1) is 5.92 Å². The van der Waals surface area contributed by atoms with Crippen molar-refractivity contribution < 1.29 is 9.26 Å². The van der Waals surface area contributed by atoms with Crippen LogP contribution in [0.5, 0.6) is 0 Å². The largest absolute Gasteiger partial charge is 0.373 e. The molecule has 0 saturated carbocycles. The van der Waals surface area contributed by atoms with Crippen molar-refractivity contribution in [1.29, 1.82) is 0 Å². The Morgan fingerprint density at radius 3 is 2.68 bits per heavy atom. The summed E-state index contributed by atoms with van der Waals surface area (Å²) in [6, 6.07) is 0.379. The zero-order valence-corrected chi connectivity index (χ0v) is 12.6. The molecule has 0 radical (unpaired) electrons. The molecule has 0 aliphatic heterocycles. The number of hydrogen-bond donors (Lipinski definition) is 1. The molecule has 5 nitrogen and oxygen atoms in total. The van der Waals surface area contributed by atoms with Crippen LogP contribution in [0.4, 0.5) is 0 Å². The first-order valence-corrected chi connectivity index (χ1v) is 7.29. The van der Waals surface area contributed by atoms with E-state index in [-0.39, 0.29) is 0 Å². The predicted molar refractivity (Wildman–Crippen MR) is 74.9 cm³/mol. The minimum atomic E-state index is 0.379. The van der Waals surface area contributed by atoms with Crippen LogP contribution in [0.3, 0.4) is 0 Å². The van der Waals surface area contributed by atoms with E-state index in [1.165, 1.54) is 0 Å². The van der Waals surface area contributed by atoms with E-state index in [4.69, 9.17) is 9.26 Å². The summed E-state index contributed by atoms with van der Waals surface area (Å²) in [5.41, 5.74) is 0. The van der Waals surface area contributed by atoms with Gasteiger partial charge in [-0.15, -0.1) is 0 Å². The van der Waals surface area contributed by atoms with Gasteiger partial charge in [0.2, 0.25) is 5.89 Å². The average Bonchev–Trinajstić information content (AvgIpc) is 2.82. The van der Waals surface area contributed by atoms with Crippen molar-refractivity contribution in [2.45, 2.75) is 59.6 Å². The van der Waals surface area contributed by atoms with Crippen LogP contribution in [0.1, 0.15) is 52.3 Å². The Kier molecular flexibility index (Phi) is 7.67. The third kappa shape index (κ3) is 6.16. The summed E-state index contributed by atoms with van der Waals surface area (Å²) in [4.78, 5) is 4.37. The van der Waals surface area contributed by atoms with Gasteiger partial charge >= 0.3 is 0 Å². The number of nitrogens with one attached hydrogen (secondary N) is 1. The summed E-state index contributed by atoms with van der Waals surface area (Å²) < 4.78 is 10.7. The Morgan fingerprint density at radius 2 is 2.05 bits per heavy atom. The molecule has 1 atom stereocenters. The van der Waals surface area contributed by atoms with Crippen molar-refractivity contribution in [2.75, 3.05) is 13.2 Å². The SMILES string of the molecule is CCCNC(Cc1nc(COCCC)no1)C(C)C. The third-order valence-corrected chi connectivity index (χ3v) is 2.95. The van der Waals surface area contributed by atoms with Crippen LogP contribution in [0.25, 0.3) is 0 Å². The van der Waals surface area contributed by atoms with Gasteiger partial charge in [0.1, 0.15) is 6.61 Å². The van der Waals surface area contributed by atoms with Crippen molar-refractivity contribution in [3.05, 3.63) is 11.7 Å². The number of hydrogen-bond acceptors (Lipinski definition) is 5. The summed E-state index contributed by atoms with van der Waals surface area (Å²) >= 11 is 0. The quantitative estimate of drug-likeness (QED) is 0.661. The van der Waals surface area contributed by atoms with E-state index in [1.54, 1.807) is 0 Å². The maximum Gasteiger partial charge on any atom is 0.228 e. The van der Waals surface area contributed by atoms with Crippen LogP contribution in [0.2, 0.25) is 0 Å². The van der Waals surface area contributed by atoms with Crippen LogP contribution >= 0.6 is 0 Å². The predicted octanol–water partition coefficient (Wildman–Crippen LogP) is 2.56. The second-order valence-corrected chi connectivity index (χ2v) is 5.17. The Morgan fingerprint density at radius 1 is 1.26 bits per heavy atom. The number of nitrogens with zero attached hydrogens (tertiary/aromatic N) is 2. The van der Waals surface area contributed by atoms with Crippen molar-refractivity contribution in [3.8, 4) is 0 Å². The molecule has 1 unspecified atom stereocenters. The highest BCUT2D eigenvalue weighted by molar-refractivity contribution is 4.89. The standard InChI is InChI=1S/C14H27N3O2/c1-5-7-15-12(11(3)4)9-14-16-13(17-19-14)10-18-8-6-2/h11-12,15H,5-10H2,1-4H3. The molecule has 0 aromatic carbocycles. The highest BCUT2D eigenvalue weighted by Crippen LogP contribution is 2.09. The fraction of sp³-hybridized carbons (Fsp3) is 0.857.